The topological polar surface area (TPSA) is 64.7 Å². The number of carbonyl (C=O) groups excluding carboxylic acids is 1. The average Bonchev–Trinajstić information content (AvgIpc) is 3.21. The highest BCUT2D eigenvalue weighted by Crippen LogP contribution is 2.29. The zero-order valence-electron chi connectivity index (χ0n) is 13.9. The molecule has 1 aromatic carbocycles. The van der Waals surface area contributed by atoms with Crippen LogP contribution in [0.5, 0.6) is 0 Å². The van der Waals surface area contributed by atoms with Gasteiger partial charge in [0.05, 0.1) is 34.7 Å². The first-order chi connectivity index (χ1) is 12.8. The van der Waals surface area contributed by atoms with Gasteiger partial charge in [-0.05, 0) is 33.6 Å². The van der Waals surface area contributed by atoms with Gasteiger partial charge in [-0.15, -0.1) is 0 Å². The number of amides is 1. The van der Waals surface area contributed by atoms with E-state index >= 15 is 0 Å². The zero-order valence-corrected chi connectivity index (χ0v) is 15.5. The molecule has 0 saturated heterocycles. The van der Waals surface area contributed by atoms with Crippen LogP contribution in [0.4, 0.5) is 18.9 Å². The first kappa shape index (κ1) is 19.2. The molecule has 0 fully saturated rings. The van der Waals surface area contributed by atoms with Crippen LogP contribution >= 0.6 is 15.9 Å². The van der Waals surface area contributed by atoms with Gasteiger partial charge < -0.3 is 5.32 Å². The Morgan fingerprint density at radius 2 is 1.93 bits per heavy atom. The predicted octanol–water partition coefficient (Wildman–Crippen LogP) is 3.94. The number of anilines is 1. The van der Waals surface area contributed by atoms with Crippen LogP contribution in [0.2, 0.25) is 0 Å². The molecule has 0 aliphatic heterocycles. The van der Waals surface area contributed by atoms with E-state index in [0.717, 1.165) is 16.6 Å². The summed E-state index contributed by atoms with van der Waals surface area (Å²) in [6, 6.07) is 5.06. The maximum absolute atomic E-state index is 12.8. The van der Waals surface area contributed by atoms with E-state index in [1.54, 1.807) is 29.3 Å². The second kappa shape index (κ2) is 7.95. The molecule has 10 heteroatoms. The SMILES string of the molecule is O=C(CCn1cc(Br)cn1)Nc1cnn(Cc2cccc(C(F)(F)F)c2)c1. The molecule has 0 aliphatic carbocycles. The lowest BCUT2D eigenvalue weighted by atomic mass is 10.1. The van der Waals surface area contributed by atoms with E-state index in [2.05, 4.69) is 31.4 Å². The molecule has 27 heavy (non-hydrogen) atoms. The molecule has 0 unspecified atom stereocenters. The number of aromatic nitrogens is 4. The van der Waals surface area contributed by atoms with E-state index in [-0.39, 0.29) is 18.9 Å². The molecule has 0 aliphatic rings. The van der Waals surface area contributed by atoms with Crippen LogP contribution in [0.3, 0.4) is 0 Å². The summed E-state index contributed by atoms with van der Waals surface area (Å²) < 4.78 is 42.3. The number of hydrogen-bond acceptors (Lipinski definition) is 3. The Morgan fingerprint density at radius 1 is 1.15 bits per heavy atom. The summed E-state index contributed by atoms with van der Waals surface area (Å²) in [7, 11) is 0. The van der Waals surface area contributed by atoms with Crippen LogP contribution in [0, 0.1) is 0 Å². The molecule has 0 saturated carbocycles. The summed E-state index contributed by atoms with van der Waals surface area (Å²) >= 11 is 3.28. The van der Waals surface area contributed by atoms with E-state index in [1.165, 1.54) is 16.9 Å². The second-order valence-electron chi connectivity index (χ2n) is 5.84. The third kappa shape index (κ3) is 5.43. The van der Waals surface area contributed by atoms with E-state index in [9.17, 15) is 18.0 Å². The number of carbonyl (C=O) groups is 1. The molecular weight excluding hydrogens is 427 g/mol. The minimum atomic E-state index is -4.39. The van der Waals surface area contributed by atoms with Crippen LogP contribution in [0.25, 0.3) is 0 Å². The predicted molar refractivity (Wildman–Crippen MR) is 95.9 cm³/mol. The second-order valence-corrected chi connectivity index (χ2v) is 6.76. The summed E-state index contributed by atoms with van der Waals surface area (Å²) in [4.78, 5) is 12.0. The van der Waals surface area contributed by atoms with E-state index < -0.39 is 11.7 Å². The van der Waals surface area contributed by atoms with Gasteiger partial charge in [-0.3, -0.25) is 14.2 Å². The fourth-order valence-electron chi connectivity index (χ4n) is 2.45. The average molecular weight is 442 g/mol. The van der Waals surface area contributed by atoms with Crippen molar-refractivity contribution in [2.24, 2.45) is 0 Å². The Morgan fingerprint density at radius 3 is 2.63 bits per heavy atom. The van der Waals surface area contributed by atoms with Gasteiger partial charge in [0.1, 0.15) is 0 Å². The summed E-state index contributed by atoms with van der Waals surface area (Å²) in [5, 5.41) is 10.8. The maximum atomic E-state index is 12.8. The number of nitrogens with one attached hydrogen (secondary N) is 1. The zero-order chi connectivity index (χ0) is 19.4. The Balaban J connectivity index is 1.56. The molecule has 0 radical (unpaired) electrons. The van der Waals surface area contributed by atoms with Crippen LogP contribution in [-0.2, 0) is 24.1 Å². The maximum Gasteiger partial charge on any atom is 0.416 e. The minimum absolute atomic E-state index is 0.168. The molecule has 3 aromatic rings. The smallest absolute Gasteiger partial charge is 0.323 e. The van der Waals surface area contributed by atoms with Crippen molar-refractivity contribution in [2.75, 3.05) is 5.32 Å². The fourth-order valence-corrected chi connectivity index (χ4v) is 2.78. The van der Waals surface area contributed by atoms with Gasteiger partial charge in [0.15, 0.2) is 0 Å². The van der Waals surface area contributed by atoms with Gasteiger partial charge >= 0.3 is 6.18 Å². The van der Waals surface area contributed by atoms with Crippen molar-refractivity contribution >= 4 is 27.5 Å². The number of benzene rings is 1. The molecule has 6 nitrogen and oxygen atoms in total. The molecule has 0 bridgehead atoms. The summed E-state index contributed by atoms with van der Waals surface area (Å²) in [5.74, 6) is -0.208. The van der Waals surface area contributed by atoms with Gasteiger partial charge in [-0.25, -0.2) is 0 Å². The Kier molecular flexibility index (Phi) is 5.64. The largest absolute Gasteiger partial charge is 0.416 e. The van der Waals surface area contributed by atoms with Crippen LogP contribution in [0.15, 0.2) is 53.5 Å². The molecule has 2 aromatic heterocycles. The van der Waals surface area contributed by atoms with Gasteiger partial charge in [-0.1, -0.05) is 12.1 Å². The Hall–Kier alpha value is -2.62. The molecule has 142 valence electrons. The van der Waals surface area contributed by atoms with Crippen LogP contribution < -0.4 is 5.32 Å². The third-order valence-corrected chi connectivity index (χ3v) is 4.10. The highest BCUT2D eigenvalue weighted by atomic mass is 79.9. The third-order valence-electron chi connectivity index (χ3n) is 3.69. The number of halogens is 4. The molecule has 1 N–H and O–H groups in total. The lowest BCUT2D eigenvalue weighted by Gasteiger charge is -2.08. The summed E-state index contributed by atoms with van der Waals surface area (Å²) in [6.07, 6.45) is 2.27. The highest BCUT2D eigenvalue weighted by molar-refractivity contribution is 9.10. The monoisotopic (exact) mass is 441 g/mol. The normalized spacial score (nSPS) is 11.6. The van der Waals surface area contributed by atoms with Crippen molar-refractivity contribution in [1.82, 2.24) is 19.6 Å². The number of nitrogens with zero attached hydrogens (tertiary/aromatic N) is 4. The number of hydrogen-bond donors (Lipinski definition) is 1. The number of aryl methyl sites for hydroxylation is 1. The van der Waals surface area contributed by atoms with E-state index in [1.807, 2.05) is 0 Å². The molecule has 1 amide bonds. The van der Waals surface area contributed by atoms with Gasteiger partial charge in [0.2, 0.25) is 5.91 Å². The molecule has 0 atom stereocenters. The fraction of sp³-hybridized carbons (Fsp3) is 0.235. The Labute approximate surface area is 161 Å². The van der Waals surface area contributed by atoms with Gasteiger partial charge in [0, 0.05) is 25.4 Å². The van der Waals surface area contributed by atoms with Crippen molar-refractivity contribution in [3.8, 4) is 0 Å². The minimum Gasteiger partial charge on any atom is -0.323 e. The molecule has 3 rings (SSSR count). The van der Waals surface area contributed by atoms with Crippen molar-refractivity contribution < 1.29 is 18.0 Å². The first-order valence-corrected chi connectivity index (χ1v) is 8.75. The van der Waals surface area contributed by atoms with Crippen molar-refractivity contribution in [2.45, 2.75) is 25.7 Å². The van der Waals surface area contributed by atoms with Crippen LogP contribution in [-0.4, -0.2) is 25.5 Å². The molecular formula is C17H15BrF3N5O. The summed E-state index contributed by atoms with van der Waals surface area (Å²) in [5.41, 5.74) is 0.245. The Bertz CT molecular complexity index is 935. The molecule has 2 heterocycles. The number of alkyl halides is 3. The van der Waals surface area contributed by atoms with Gasteiger partial charge in [0.25, 0.3) is 0 Å². The van der Waals surface area contributed by atoms with E-state index in [0.29, 0.717) is 17.8 Å². The highest BCUT2D eigenvalue weighted by Gasteiger charge is 2.30. The quantitative estimate of drug-likeness (QED) is 0.629. The van der Waals surface area contributed by atoms with E-state index in [4.69, 9.17) is 0 Å². The number of rotatable bonds is 6. The lowest BCUT2D eigenvalue weighted by molar-refractivity contribution is -0.137. The van der Waals surface area contributed by atoms with Crippen molar-refractivity contribution in [3.63, 3.8) is 0 Å². The van der Waals surface area contributed by atoms with Crippen LogP contribution in [0.1, 0.15) is 17.5 Å². The van der Waals surface area contributed by atoms with Crippen molar-refractivity contribution in [3.05, 3.63) is 64.7 Å². The summed E-state index contributed by atoms with van der Waals surface area (Å²) in [6.45, 7) is 0.594. The standard InChI is InChI=1S/C17H15BrF3N5O/c18-14-7-22-25(10-14)5-4-16(27)24-15-8-23-26(11-15)9-12-2-1-3-13(6-12)17(19,20)21/h1-3,6-8,10-11H,4-5,9H2,(H,24,27). The lowest BCUT2D eigenvalue weighted by Crippen LogP contribution is -2.14. The first-order valence-electron chi connectivity index (χ1n) is 7.96. The van der Waals surface area contributed by atoms with Gasteiger partial charge in [-0.2, -0.15) is 23.4 Å². The molecule has 0 spiro atoms. The van der Waals surface area contributed by atoms with Crippen molar-refractivity contribution in [1.29, 1.82) is 0 Å².